The van der Waals surface area contributed by atoms with Gasteiger partial charge in [0, 0.05) is 61.1 Å². The van der Waals surface area contributed by atoms with Crippen LogP contribution in [0, 0.1) is 13.8 Å². The first-order valence-electron chi connectivity index (χ1n) is 12.3. The molecule has 0 unspecified atom stereocenters. The van der Waals surface area contributed by atoms with Gasteiger partial charge < -0.3 is 20.2 Å². The molecule has 0 atom stereocenters. The van der Waals surface area contributed by atoms with Crippen LogP contribution in [0.2, 0.25) is 0 Å². The van der Waals surface area contributed by atoms with Crippen molar-refractivity contribution in [3.8, 4) is 17.1 Å². The number of aryl methyl sites for hydroxylation is 2. The normalized spacial score (nSPS) is 11.3. The van der Waals surface area contributed by atoms with Crippen molar-refractivity contribution in [1.29, 1.82) is 0 Å². The van der Waals surface area contributed by atoms with Gasteiger partial charge in [0.25, 0.3) is 5.91 Å². The molecule has 194 valence electrons. The molecule has 4 rings (SSSR count). The highest BCUT2D eigenvalue weighted by Gasteiger charge is 2.21. The molecule has 3 heterocycles. The van der Waals surface area contributed by atoms with Crippen LogP contribution in [0.25, 0.3) is 22.3 Å². The Balaban J connectivity index is 1.72. The standard InChI is InChI=1S/C27H34N8O2/c1-7-35-18(3)20(15-29-35)16-34(6)27(37)25-22-14-21(36)8-9-23(22)31-26(32-25)19-12-17(2)30-24(13-19)28-10-11-33(4)5/h8-9,12-15,36H,7,10-11,16H2,1-6H3,(H,28,30). The Hall–Kier alpha value is -4.05. The Labute approximate surface area is 217 Å². The minimum Gasteiger partial charge on any atom is -0.508 e. The third-order valence-corrected chi connectivity index (χ3v) is 6.22. The van der Waals surface area contributed by atoms with Gasteiger partial charge in [-0.1, -0.05) is 0 Å². The smallest absolute Gasteiger partial charge is 0.273 e. The number of aromatic hydroxyl groups is 1. The third kappa shape index (κ3) is 5.86. The molecule has 10 nitrogen and oxygen atoms in total. The lowest BCUT2D eigenvalue weighted by Crippen LogP contribution is -2.27. The van der Waals surface area contributed by atoms with Crippen molar-refractivity contribution in [2.75, 3.05) is 39.5 Å². The number of anilines is 1. The van der Waals surface area contributed by atoms with E-state index in [1.54, 1.807) is 30.3 Å². The highest BCUT2D eigenvalue weighted by atomic mass is 16.3. The van der Waals surface area contributed by atoms with Crippen LogP contribution in [-0.4, -0.2) is 79.8 Å². The number of amides is 1. The zero-order chi connectivity index (χ0) is 26.7. The van der Waals surface area contributed by atoms with Crippen LogP contribution >= 0.6 is 0 Å². The number of pyridine rings is 1. The van der Waals surface area contributed by atoms with Gasteiger partial charge >= 0.3 is 0 Å². The van der Waals surface area contributed by atoms with E-state index in [1.807, 2.05) is 51.7 Å². The number of hydrogen-bond acceptors (Lipinski definition) is 8. The number of carbonyl (C=O) groups excluding carboxylic acids is 1. The summed E-state index contributed by atoms with van der Waals surface area (Å²) in [6, 6.07) is 8.59. The average molecular weight is 503 g/mol. The van der Waals surface area contributed by atoms with Crippen molar-refractivity contribution in [1.82, 2.24) is 34.5 Å². The topological polar surface area (TPSA) is 112 Å². The first-order chi connectivity index (χ1) is 17.7. The second-order valence-electron chi connectivity index (χ2n) is 9.44. The first-order valence-corrected chi connectivity index (χ1v) is 12.3. The van der Waals surface area contributed by atoms with Crippen LogP contribution in [0.4, 0.5) is 5.82 Å². The van der Waals surface area contributed by atoms with Crippen LogP contribution in [0.3, 0.4) is 0 Å². The molecule has 0 fully saturated rings. The molecule has 0 aliphatic carbocycles. The summed E-state index contributed by atoms with van der Waals surface area (Å²) < 4.78 is 1.90. The van der Waals surface area contributed by atoms with Gasteiger partial charge in [0.15, 0.2) is 5.82 Å². The fraction of sp³-hybridized carbons (Fsp3) is 0.370. The van der Waals surface area contributed by atoms with Crippen LogP contribution in [0.5, 0.6) is 5.75 Å². The second kappa shape index (κ2) is 10.9. The van der Waals surface area contributed by atoms with Gasteiger partial charge in [0.05, 0.1) is 11.7 Å². The molecular weight excluding hydrogens is 468 g/mol. The van der Waals surface area contributed by atoms with E-state index >= 15 is 0 Å². The van der Waals surface area contributed by atoms with E-state index in [0.29, 0.717) is 23.3 Å². The van der Waals surface area contributed by atoms with Crippen LogP contribution in [0.15, 0.2) is 36.5 Å². The van der Waals surface area contributed by atoms with E-state index < -0.39 is 0 Å². The molecule has 3 aromatic heterocycles. The number of phenolic OH excluding ortho intramolecular Hbond substituents is 1. The maximum Gasteiger partial charge on any atom is 0.273 e. The molecule has 1 aromatic carbocycles. The number of nitrogens with one attached hydrogen (secondary N) is 1. The van der Waals surface area contributed by atoms with Crippen LogP contribution in [0.1, 0.15) is 34.4 Å². The molecule has 0 saturated heterocycles. The van der Waals surface area contributed by atoms with Gasteiger partial charge in [0.2, 0.25) is 0 Å². The Morgan fingerprint density at radius 3 is 2.57 bits per heavy atom. The summed E-state index contributed by atoms with van der Waals surface area (Å²) in [5.74, 6) is 0.927. The van der Waals surface area contributed by atoms with E-state index in [2.05, 4.69) is 20.3 Å². The second-order valence-corrected chi connectivity index (χ2v) is 9.44. The number of fused-ring (bicyclic) bond motifs is 1. The summed E-state index contributed by atoms with van der Waals surface area (Å²) in [7, 11) is 5.78. The van der Waals surface area contributed by atoms with Gasteiger partial charge in [-0.2, -0.15) is 5.10 Å². The summed E-state index contributed by atoms with van der Waals surface area (Å²) in [5.41, 5.74) is 4.37. The molecule has 10 heteroatoms. The van der Waals surface area contributed by atoms with Crippen LogP contribution in [-0.2, 0) is 13.1 Å². The lowest BCUT2D eigenvalue weighted by Gasteiger charge is -2.18. The summed E-state index contributed by atoms with van der Waals surface area (Å²) in [6.45, 7) is 8.70. The van der Waals surface area contributed by atoms with Gasteiger partial charge in [-0.25, -0.2) is 15.0 Å². The number of phenols is 1. The van der Waals surface area contributed by atoms with E-state index in [-0.39, 0.29) is 17.4 Å². The molecular formula is C27H34N8O2. The van der Waals surface area contributed by atoms with Crippen LogP contribution < -0.4 is 5.32 Å². The summed E-state index contributed by atoms with van der Waals surface area (Å²) in [6.07, 6.45) is 1.79. The van der Waals surface area contributed by atoms with Crippen molar-refractivity contribution < 1.29 is 9.90 Å². The zero-order valence-electron chi connectivity index (χ0n) is 22.3. The molecule has 0 aliphatic heterocycles. The highest BCUT2D eigenvalue weighted by molar-refractivity contribution is 6.05. The number of rotatable bonds is 9. The quantitative estimate of drug-likeness (QED) is 0.358. The van der Waals surface area contributed by atoms with Crippen molar-refractivity contribution in [2.24, 2.45) is 0 Å². The van der Waals surface area contributed by atoms with E-state index in [4.69, 9.17) is 9.97 Å². The molecule has 0 spiro atoms. The minimum absolute atomic E-state index is 0.0488. The number of nitrogens with zero attached hydrogens (tertiary/aromatic N) is 7. The monoisotopic (exact) mass is 502 g/mol. The summed E-state index contributed by atoms with van der Waals surface area (Å²) >= 11 is 0. The molecule has 0 radical (unpaired) electrons. The zero-order valence-corrected chi connectivity index (χ0v) is 22.3. The Morgan fingerprint density at radius 1 is 1.08 bits per heavy atom. The molecule has 37 heavy (non-hydrogen) atoms. The fourth-order valence-corrected chi connectivity index (χ4v) is 4.17. The van der Waals surface area contributed by atoms with Crippen molar-refractivity contribution in [3.63, 3.8) is 0 Å². The van der Waals surface area contributed by atoms with E-state index in [0.717, 1.165) is 48.0 Å². The predicted octanol–water partition coefficient (Wildman–Crippen LogP) is 3.48. The number of carbonyl (C=O) groups is 1. The summed E-state index contributed by atoms with van der Waals surface area (Å²) in [5, 5.41) is 18.4. The summed E-state index contributed by atoms with van der Waals surface area (Å²) in [4.78, 5) is 31.4. The lowest BCUT2D eigenvalue weighted by molar-refractivity contribution is 0.0781. The molecule has 0 saturated carbocycles. The van der Waals surface area contributed by atoms with Gasteiger partial charge in [-0.05, 0) is 65.2 Å². The van der Waals surface area contributed by atoms with E-state index in [1.165, 1.54) is 6.07 Å². The highest BCUT2D eigenvalue weighted by Crippen LogP contribution is 2.27. The third-order valence-electron chi connectivity index (χ3n) is 6.22. The molecule has 2 N–H and O–H groups in total. The predicted molar refractivity (Wildman–Crippen MR) is 145 cm³/mol. The average Bonchev–Trinajstić information content (AvgIpc) is 3.21. The first kappa shape index (κ1) is 26.0. The lowest BCUT2D eigenvalue weighted by atomic mass is 10.1. The number of aromatic nitrogens is 5. The molecule has 4 aromatic rings. The SMILES string of the molecule is CCn1ncc(CN(C)C(=O)c2nc(-c3cc(C)nc(NCCN(C)C)c3)nc3ccc(O)cc23)c1C. The number of likely N-dealkylation sites (N-methyl/N-ethyl adjacent to an activating group) is 1. The minimum atomic E-state index is -0.266. The Morgan fingerprint density at radius 2 is 1.86 bits per heavy atom. The largest absolute Gasteiger partial charge is 0.508 e. The molecule has 1 amide bonds. The number of benzene rings is 1. The Kier molecular flexibility index (Phi) is 7.68. The Bertz CT molecular complexity index is 1430. The van der Waals surface area contributed by atoms with Crippen molar-refractivity contribution in [3.05, 3.63) is 59.2 Å². The van der Waals surface area contributed by atoms with Gasteiger partial charge in [0.1, 0.15) is 17.3 Å². The van der Waals surface area contributed by atoms with Crippen molar-refractivity contribution >= 4 is 22.6 Å². The maximum absolute atomic E-state index is 13.7. The fourth-order valence-electron chi connectivity index (χ4n) is 4.17. The van der Waals surface area contributed by atoms with Gasteiger partial charge in [-0.3, -0.25) is 9.48 Å². The maximum atomic E-state index is 13.7. The number of hydrogen-bond donors (Lipinski definition) is 2. The van der Waals surface area contributed by atoms with Gasteiger partial charge in [-0.15, -0.1) is 0 Å². The van der Waals surface area contributed by atoms with Crippen molar-refractivity contribution in [2.45, 2.75) is 33.9 Å². The van der Waals surface area contributed by atoms with E-state index in [9.17, 15) is 9.90 Å². The molecule has 0 aliphatic rings. The molecule has 0 bridgehead atoms.